The molecule has 3 aliphatic carbocycles. The lowest BCUT2D eigenvalue weighted by Crippen LogP contribution is -2.67. The first-order chi connectivity index (χ1) is 20.3. The van der Waals surface area contributed by atoms with E-state index in [0.29, 0.717) is 27.9 Å². The summed E-state index contributed by atoms with van der Waals surface area (Å²) in [7, 11) is 0. The SMILES string of the molecule is C=CC(=O)OC12c3ccccc3C(OC(=O)C=C)(c3ccc(C(C)(C)C)cc31)C(C(=O)Nc1ccccc1C)C2C(=O)O. The average Bonchev–Trinajstić information content (AvgIpc) is 2.97. The van der Waals surface area contributed by atoms with E-state index in [-0.39, 0.29) is 5.41 Å². The van der Waals surface area contributed by atoms with Gasteiger partial charge in [0.05, 0.1) is 0 Å². The lowest BCUT2D eigenvalue weighted by molar-refractivity contribution is -0.199. The third-order valence-electron chi connectivity index (χ3n) is 8.43. The predicted octanol–water partition coefficient (Wildman–Crippen LogP) is 5.52. The Morgan fingerprint density at radius 3 is 1.81 bits per heavy atom. The van der Waals surface area contributed by atoms with Crippen molar-refractivity contribution in [2.24, 2.45) is 11.8 Å². The third kappa shape index (κ3) is 4.36. The Morgan fingerprint density at radius 1 is 0.791 bits per heavy atom. The largest absolute Gasteiger partial charge is 0.481 e. The molecule has 8 heteroatoms. The molecular weight excluding hydrogens is 546 g/mol. The molecule has 0 fully saturated rings. The van der Waals surface area contributed by atoms with Gasteiger partial charge >= 0.3 is 17.9 Å². The normalized spacial score (nSPS) is 23.3. The Bertz CT molecular complexity index is 1700. The van der Waals surface area contributed by atoms with E-state index in [9.17, 15) is 24.3 Å². The van der Waals surface area contributed by atoms with Crippen molar-refractivity contribution < 1.29 is 33.8 Å². The molecular formula is C35H33NO7. The number of amides is 1. The highest BCUT2D eigenvalue weighted by Crippen LogP contribution is 2.66. The number of carboxylic acid groups (broad SMARTS) is 1. The summed E-state index contributed by atoms with van der Waals surface area (Å²) >= 11 is 0. The molecule has 1 amide bonds. The van der Waals surface area contributed by atoms with Gasteiger partial charge in [0.1, 0.15) is 11.8 Å². The molecule has 0 heterocycles. The molecule has 4 atom stereocenters. The zero-order valence-corrected chi connectivity index (χ0v) is 24.5. The van der Waals surface area contributed by atoms with E-state index in [1.807, 2.05) is 32.9 Å². The summed E-state index contributed by atoms with van der Waals surface area (Å²) < 4.78 is 12.4. The number of hydrogen-bond acceptors (Lipinski definition) is 6. The summed E-state index contributed by atoms with van der Waals surface area (Å²) in [5.41, 5.74) is -0.964. The highest BCUT2D eigenvalue weighted by Gasteiger charge is 2.73. The fourth-order valence-electron chi connectivity index (χ4n) is 6.53. The summed E-state index contributed by atoms with van der Waals surface area (Å²) in [4.78, 5) is 54.3. The molecule has 3 aromatic carbocycles. The van der Waals surface area contributed by atoms with E-state index in [1.54, 1.807) is 61.5 Å². The van der Waals surface area contributed by atoms with Crippen molar-refractivity contribution in [1.29, 1.82) is 0 Å². The number of carbonyl (C=O) groups is 4. The number of carbonyl (C=O) groups excluding carboxylic acids is 3. The second-order valence-corrected chi connectivity index (χ2v) is 11.9. The molecule has 0 spiro atoms. The molecule has 8 nitrogen and oxygen atoms in total. The molecule has 2 N–H and O–H groups in total. The van der Waals surface area contributed by atoms with Gasteiger partial charge in [-0.15, -0.1) is 0 Å². The molecule has 3 aliphatic rings. The lowest BCUT2D eigenvalue weighted by Gasteiger charge is -2.59. The molecule has 2 bridgehead atoms. The lowest BCUT2D eigenvalue weighted by atomic mass is 9.48. The van der Waals surface area contributed by atoms with Crippen molar-refractivity contribution in [3.05, 3.63) is 125 Å². The van der Waals surface area contributed by atoms with Gasteiger partial charge in [0.15, 0.2) is 11.2 Å². The fourth-order valence-corrected chi connectivity index (χ4v) is 6.53. The molecule has 0 aliphatic heterocycles. The molecule has 0 saturated heterocycles. The first kappa shape index (κ1) is 29.5. The summed E-state index contributed by atoms with van der Waals surface area (Å²) in [6.07, 6.45) is 1.93. The van der Waals surface area contributed by atoms with Gasteiger partial charge in [0.2, 0.25) is 5.91 Å². The maximum absolute atomic E-state index is 14.5. The van der Waals surface area contributed by atoms with Crippen molar-refractivity contribution >= 4 is 29.5 Å². The molecule has 0 radical (unpaired) electrons. The molecule has 220 valence electrons. The number of anilines is 1. The van der Waals surface area contributed by atoms with E-state index in [1.165, 1.54) is 0 Å². The Balaban J connectivity index is 1.95. The molecule has 6 rings (SSSR count). The molecule has 3 aromatic rings. The zero-order chi connectivity index (χ0) is 31.3. The highest BCUT2D eigenvalue weighted by atomic mass is 16.6. The van der Waals surface area contributed by atoms with E-state index in [0.717, 1.165) is 23.3 Å². The van der Waals surface area contributed by atoms with Gasteiger partial charge in [0.25, 0.3) is 0 Å². The monoisotopic (exact) mass is 579 g/mol. The Kier molecular flexibility index (Phi) is 7.12. The second-order valence-electron chi connectivity index (χ2n) is 11.9. The number of benzene rings is 3. The average molecular weight is 580 g/mol. The summed E-state index contributed by atoms with van der Waals surface area (Å²) in [5.74, 6) is -7.15. The highest BCUT2D eigenvalue weighted by molar-refractivity contribution is 6.00. The smallest absolute Gasteiger partial charge is 0.331 e. The number of esters is 2. The predicted molar refractivity (Wildman–Crippen MR) is 160 cm³/mol. The van der Waals surface area contributed by atoms with Crippen LogP contribution in [0.3, 0.4) is 0 Å². The number of hydrogen-bond donors (Lipinski definition) is 2. The number of aliphatic carboxylic acids is 1. The van der Waals surface area contributed by atoms with Crippen LogP contribution in [0.25, 0.3) is 0 Å². The van der Waals surface area contributed by atoms with Gasteiger partial charge < -0.3 is 19.9 Å². The fraction of sp³-hybridized carbons (Fsp3) is 0.257. The number of carboxylic acids is 1. The van der Waals surface area contributed by atoms with Crippen LogP contribution >= 0.6 is 0 Å². The number of aryl methyl sites for hydroxylation is 1. The minimum atomic E-state index is -1.97. The molecule has 43 heavy (non-hydrogen) atoms. The van der Waals surface area contributed by atoms with Crippen molar-refractivity contribution in [3.63, 3.8) is 0 Å². The number of ether oxygens (including phenoxy) is 2. The van der Waals surface area contributed by atoms with E-state index in [2.05, 4.69) is 18.5 Å². The molecule has 0 aromatic heterocycles. The third-order valence-corrected chi connectivity index (χ3v) is 8.43. The van der Waals surface area contributed by atoms with Crippen LogP contribution in [0, 0.1) is 18.8 Å². The van der Waals surface area contributed by atoms with E-state index < -0.39 is 46.9 Å². The molecule has 0 saturated carbocycles. The first-order valence-corrected chi connectivity index (χ1v) is 13.9. The maximum atomic E-state index is 14.5. The van der Waals surface area contributed by atoms with Crippen LogP contribution in [0.5, 0.6) is 0 Å². The van der Waals surface area contributed by atoms with Crippen LogP contribution in [0.1, 0.15) is 54.2 Å². The van der Waals surface area contributed by atoms with Crippen molar-refractivity contribution in [2.45, 2.75) is 44.3 Å². The Morgan fingerprint density at radius 2 is 1.30 bits per heavy atom. The van der Waals surface area contributed by atoms with Gasteiger partial charge in [-0.2, -0.15) is 0 Å². The summed E-state index contributed by atoms with van der Waals surface area (Å²) in [5, 5.41) is 13.8. The van der Waals surface area contributed by atoms with Crippen LogP contribution in [0.2, 0.25) is 0 Å². The zero-order valence-electron chi connectivity index (χ0n) is 24.5. The number of para-hydroxylation sites is 1. The topological polar surface area (TPSA) is 119 Å². The standard InChI is InChI=1S/C35H33NO7/c1-7-27(37)42-34-22-14-10-11-15-23(22)35(43-28(38)8-2,25-19-21(33(4,5)6)17-18-24(25)34)30(32(40)41)29(34)31(39)36-26-16-12-9-13-20(26)3/h7-19,29-30H,1-2H2,3-6H3,(H,36,39)(H,40,41). The van der Waals surface area contributed by atoms with E-state index in [4.69, 9.17) is 9.47 Å². The van der Waals surface area contributed by atoms with Crippen molar-refractivity contribution in [1.82, 2.24) is 0 Å². The Hall–Kier alpha value is -4.98. The Labute approximate surface area is 250 Å². The molecule has 4 unspecified atom stereocenters. The summed E-state index contributed by atoms with van der Waals surface area (Å²) in [6.45, 7) is 14.9. The van der Waals surface area contributed by atoms with Crippen molar-refractivity contribution in [3.8, 4) is 0 Å². The van der Waals surface area contributed by atoms with Gasteiger partial charge in [0, 0.05) is 40.1 Å². The van der Waals surface area contributed by atoms with Gasteiger partial charge in [-0.05, 0) is 29.5 Å². The minimum absolute atomic E-state index is 0.299. The van der Waals surface area contributed by atoms with Gasteiger partial charge in [-0.1, -0.05) is 94.6 Å². The van der Waals surface area contributed by atoms with Crippen LogP contribution in [-0.2, 0) is 45.3 Å². The summed E-state index contributed by atoms with van der Waals surface area (Å²) in [6, 6.07) is 19.1. The van der Waals surface area contributed by atoms with Crippen LogP contribution in [-0.4, -0.2) is 28.9 Å². The maximum Gasteiger partial charge on any atom is 0.331 e. The van der Waals surface area contributed by atoms with Crippen molar-refractivity contribution in [2.75, 3.05) is 5.32 Å². The number of nitrogens with one attached hydrogen (secondary N) is 1. The minimum Gasteiger partial charge on any atom is -0.481 e. The van der Waals surface area contributed by atoms with Crippen LogP contribution < -0.4 is 5.32 Å². The number of rotatable bonds is 7. The van der Waals surface area contributed by atoms with Gasteiger partial charge in [-0.25, -0.2) is 9.59 Å². The van der Waals surface area contributed by atoms with E-state index >= 15 is 0 Å². The van der Waals surface area contributed by atoms with Crippen LogP contribution in [0.15, 0.2) is 92.0 Å². The second kappa shape index (κ2) is 10.4. The quantitative estimate of drug-likeness (QED) is 0.279. The first-order valence-electron chi connectivity index (χ1n) is 13.9. The van der Waals surface area contributed by atoms with Crippen LogP contribution in [0.4, 0.5) is 5.69 Å². The van der Waals surface area contributed by atoms with Gasteiger partial charge in [-0.3, -0.25) is 9.59 Å². The number of fused-ring (bicyclic) bond motifs is 1.